The highest BCUT2D eigenvalue weighted by atomic mass is 28.3. The van der Waals surface area contributed by atoms with Crippen LogP contribution in [0, 0.1) is 5.92 Å². The van der Waals surface area contributed by atoms with Gasteiger partial charge in [0.15, 0.2) is 0 Å². The molecular weight excluding hydrogens is 318 g/mol. The number of rotatable bonds is 8. The summed E-state index contributed by atoms with van der Waals surface area (Å²) in [5.41, 5.74) is 4.30. The van der Waals surface area contributed by atoms with Crippen LogP contribution >= 0.6 is 0 Å². The van der Waals surface area contributed by atoms with Gasteiger partial charge >= 0.3 is 0 Å². The van der Waals surface area contributed by atoms with E-state index in [4.69, 9.17) is 0 Å². The van der Waals surface area contributed by atoms with Gasteiger partial charge in [-0.15, -0.1) is 0 Å². The number of hydrogen-bond acceptors (Lipinski definition) is 1. The summed E-state index contributed by atoms with van der Waals surface area (Å²) in [5, 5.41) is 3.83. The molecule has 0 fully saturated rings. The molecule has 0 aliphatic rings. The second kappa shape index (κ2) is 9.16. The molecule has 0 aliphatic heterocycles. The number of nitrogens with one attached hydrogen (secondary N) is 1. The minimum Gasteiger partial charge on any atom is -0.305 e. The Hall–Kier alpha value is -1.64. The molecule has 1 nitrogen and oxygen atoms in total. The standard InChI is InChI=1S/C23H33NSi/c1-6-21(18-25(3,4)5)19(2)23(22-15-11-8-12-16-22)24-17-20-13-9-7-10-14-20/h6-16,19,23-24H,17-18H2,1-5H3/b21-6-/t19-,23?/m1/s1. The van der Waals surface area contributed by atoms with E-state index in [1.54, 1.807) is 5.57 Å². The first-order valence-electron chi connectivity index (χ1n) is 9.38. The molecule has 2 atom stereocenters. The Morgan fingerprint density at radius 3 is 2.04 bits per heavy atom. The summed E-state index contributed by atoms with van der Waals surface area (Å²) in [5.74, 6) is 0.489. The molecule has 0 amide bonds. The molecule has 2 rings (SSSR count). The van der Waals surface area contributed by atoms with Crippen molar-refractivity contribution >= 4 is 8.07 Å². The topological polar surface area (TPSA) is 12.0 Å². The van der Waals surface area contributed by atoms with Gasteiger partial charge < -0.3 is 5.32 Å². The Balaban J connectivity index is 2.21. The Bertz CT molecular complexity index is 655. The molecule has 1 N–H and O–H groups in total. The van der Waals surface area contributed by atoms with E-state index in [2.05, 4.69) is 106 Å². The van der Waals surface area contributed by atoms with Gasteiger partial charge in [-0.05, 0) is 30.0 Å². The number of allylic oxidation sites excluding steroid dienone is 1. The summed E-state index contributed by atoms with van der Waals surface area (Å²) in [6, 6.07) is 23.2. The fourth-order valence-corrected chi connectivity index (χ4v) is 5.17. The second-order valence-corrected chi connectivity index (χ2v) is 13.6. The lowest BCUT2D eigenvalue weighted by Gasteiger charge is -2.31. The molecule has 2 aromatic rings. The predicted octanol–water partition coefficient (Wildman–Crippen LogP) is 6.44. The first-order valence-corrected chi connectivity index (χ1v) is 13.1. The summed E-state index contributed by atoms with van der Waals surface area (Å²) in [6.07, 6.45) is 2.35. The van der Waals surface area contributed by atoms with Crippen molar-refractivity contribution in [3.8, 4) is 0 Å². The average molecular weight is 352 g/mol. The van der Waals surface area contributed by atoms with Gasteiger partial charge in [0.25, 0.3) is 0 Å². The van der Waals surface area contributed by atoms with E-state index in [1.165, 1.54) is 17.2 Å². The molecule has 1 unspecified atom stereocenters. The van der Waals surface area contributed by atoms with Crippen LogP contribution in [0.25, 0.3) is 0 Å². The molecule has 0 saturated heterocycles. The van der Waals surface area contributed by atoms with Gasteiger partial charge in [0, 0.05) is 20.7 Å². The van der Waals surface area contributed by atoms with E-state index >= 15 is 0 Å². The van der Waals surface area contributed by atoms with Crippen LogP contribution in [0.5, 0.6) is 0 Å². The van der Waals surface area contributed by atoms with Gasteiger partial charge in [-0.1, -0.05) is 98.9 Å². The van der Waals surface area contributed by atoms with E-state index in [9.17, 15) is 0 Å². The van der Waals surface area contributed by atoms with Crippen molar-refractivity contribution in [3.05, 3.63) is 83.4 Å². The lowest BCUT2D eigenvalue weighted by molar-refractivity contribution is 0.426. The van der Waals surface area contributed by atoms with Crippen LogP contribution in [-0.4, -0.2) is 8.07 Å². The summed E-state index contributed by atoms with van der Waals surface area (Å²) >= 11 is 0. The van der Waals surface area contributed by atoms with Crippen LogP contribution in [0.1, 0.15) is 31.0 Å². The second-order valence-electron chi connectivity index (χ2n) is 8.14. The summed E-state index contributed by atoms with van der Waals surface area (Å²) in [4.78, 5) is 0. The van der Waals surface area contributed by atoms with E-state index < -0.39 is 8.07 Å². The Labute approximate surface area is 155 Å². The van der Waals surface area contributed by atoms with Crippen LogP contribution in [0.15, 0.2) is 72.3 Å². The molecular formula is C23H33NSi. The third-order valence-corrected chi connectivity index (χ3v) is 6.19. The zero-order valence-electron chi connectivity index (χ0n) is 16.4. The maximum absolute atomic E-state index is 3.83. The fraction of sp³-hybridized carbons (Fsp3) is 0.391. The van der Waals surface area contributed by atoms with Crippen molar-refractivity contribution in [2.75, 3.05) is 0 Å². The van der Waals surface area contributed by atoms with E-state index in [0.29, 0.717) is 12.0 Å². The van der Waals surface area contributed by atoms with E-state index in [-0.39, 0.29) is 0 Å². The summed E-state index contributed by atoms with van der Waals surface area (Å²) in [7, 11) is -1.13. The lowest BCUT2D eigenvalue weighted by atomic mass is 9.88. The lowest BCUT2D eigenvalue weighted by Crippen LogP contribution is -2.30. The highest BCUT2D eigenvalue weighted by molar-refractivity contribution is 6.76. The van der Waals surface area contributed by atoms with Crippen LogP contribution in [-0.2, 0) is 6.54 Å². The SMILES string of the molecule is C/C=C(/C[Si](C)(C)C)[C@@H](C)C(NCc1ccccc1)c1ccccc1. The monoisotopic (exact) mass is 351 g/mol. The van der Waals surface area contributed by atoms with Gasteiger partial charge in [-0.2, -0.15) is 0 Å². The van der Waals surface area contributed by atoms with Crippen molar-refractivity contribution < 1.29 is 0 Å². The van der Waals surface area contributed by atoms with Gasteiger partial charge in [-0.3, -0.25) is 0 Å². The highest BCUT2D eigenvalue weighted by Crippen LogP contribution is 2.32. The van der Waals surface area contributed by atoms with E-state index in [0.717, 1.165) is 6.54 Å². The Morgan fingerprint density at radius 2 is 1.52 bits per heavy atom. The molecule has 0 bridgehead atoms. The predicted molar refractivity (Wildman–Crippen MR) is 114 cm³/mol. The first kappa shape index (κ1) is 19.7. The molecule has 0 saturated carbocycles. The van der Waals surface area contributed by atoms with Gasteiger partial charge in [-0.25, -0.2) is 0 Å². The van der Waals surface area contributed by atoms with Gasteiger partial charge in [0.1, 0.15) is 0 Å². The largest absolute Gasteiger partial charge is 0.305 e. The van der Waals surface area contributed by atoms with Crippen molar-refractivity contribution in [3.63, 3.8) is 0 Å². The molecule has 25 heavy (non-hydrogen) atoms. The Kier molecular flexibility index (Phi) is 7.21. The number of benzene rings is 2. The highest BCUT2D eigenvalue weighted by Gasteiger charge is 2.25. The maximum atomic E-state index is 3.83. The fourth-order valence-electron chi connectivity index (χ4n) is 3.42. The van der Waals surface area contributed by atoms with Crippen molar-refractivity contribution in [2.45, 2.75) is 52.1 Å². The maximum Gasteiger partial charge on any atom is 0.0483 e. The molecule has 134 valence electrons. The summed E-state index contributed by atoms with van der Waals surface area (Å²) < 4.78 is 0. The third kappa shape index (κ3) is 6.30. The minimum atomic E-state index is -1.13. The van der Waals surface area contributed by atoms with Crippen LogP contribution in [0.4, 0.5) is 0 Å². The smallest absolute Gasteiger partial charge is 0.0483 e. The average Bonchev–Trinajstić information content (AvgIpc) is 2.60. The Morgan fingerprint density at radius 1 is 0.960 bits per heavy atom. The van der Waals surface area contributed by atoms with Crippen molar-refractivity contribution in [2.24, 2.45) is 5.92 Å². The molecule has 0 spiro atoms. The zero-order valence-corrected chi connectivity index (χ0v) is 17.4. The zero-order chi connectivity index (χ0) is 18.3. The molecule has 0 heterocycles. The number of hydrogen-bond donors (Lipinski definition) is 1. The van der Waals surface area contributed by atoms with Crippen LogP contribution in [0.3, 0.4) is 0 Å². The van der Waals surface area contributed by atoms with E-state index in [1.807, 2.05) is 0 Å². The van der Waals surface area contributed by atoms with Gasteiger partial charge in [0.05, 0.1) is 0 Å². The summed E-state index contributed by atoms with van der Waals surface area (Å²) in [6.45, 7) is 12.8. The first-order chi connectivity index (χ1) is 11.9. The quantitative estimate of drug-likeness (QED) is 0.426. The normalized spacial score (nSPS) is 15.0. The van der Waals surface area contributed by atoms with Gasteiger partial charge in [0.2, 0.25) is 0 Å². The molecule has 0 radical (unpaired) electrons. The molecule has 0 aliphatic carbocycles. The third-order valence-electron chi connectivity index (χ3n) is 4.72. The van der Waals surface area contributed by atoms with Crippen LogP contribution in [0.2, 0.25) is 25.7 Å². The molecule has 2 aromatic carbocycles. The van der Waals surface area contributed by atoms with Crippen molar-refractivity contribution in [1.29, 1.82) is 0 Å². The molecule has 0 aromatic heterocycles. The minimum absolute atomic E-state index is 0.337. The van der Waals surface area contributed by atoms with Crippen LogP contribution < -0.4 is 5.32 Å². The molecule has 2 heteroatoms. The van der Waals surface area contributed by atoms with Crippen molar-refractivity contribution in [1.82, 2.24) is 5.32 Å².